The van der Waals surface area contributed by atoms with Crippen LogP contribution in [-0.4, -0.2) is 10.2 Å². The summed E-state index contributed by atoms with van der Waals surface area (Å²) in [5, 5.41) is 6.41. The fraction of sp³-hybridized carbons (Fsp3) is 0. The van der Waals surface area contributed by atoms with Crippen LogP contribution < -0.4 is 5.56 Å². The number of nitrogens with zero attached hydrogens (tertiary/aromatic N) is 1. The highest BCUT2D eigenvalue weighted by molar-refractivity contribution is 5.81. The molecule has 3 heteroatoms. The zero-order chi connectivity index (χ0) is 13.1. The first-order chi connectivity index (χ1) is 9.36. The molecule has 0 aliphatic heterocycles. The van der Waals surface area contributed by atoms with E-state index in [1.54, 1.807) is 6.20 Å². The van der Waals surface area contributed by atoms with E-state index in [1.807, 2.05) is 60.7 Å². The van der Waals surface area contributed by atoms with Gasteiger partial charge in [0, 0.05) is 5.56 Å². The molecule has 0 bridgehead atoms. The maximum atomic E-state index is 12.1. The normalized spacial score (nSPS) is 10.3. The molecule has 2 aromatic carbocycles. The van der Waals surface area contributed by atoms with E-state index in [0.29, 0.717) is 5.56 Å². The van der Waals surface area contributed by atoms with E-state index in [9.17, 15) is 4.79 Å². The van der Waals surface area contributed by atoms with Crippen LogP contribution in [-0.2, 0) is 0 Å². The lowest BCUT2D eigenvalue weighted by Crippen LogP contribution is -2.11. The Balaban J connectivity index is 2.28. The molecule has 3 nitrogen and oxygen atoms in total. The Morgan fingerprint density at radius 2 is 1.37 bits per heavy atom. The van der Waals surface area contributed by atoms with Crippen molar-refractivity contribution in [3.05, 3.63) is 77.2 Å². The average Bonchev–Trinajstić information content (AvgIpc) is 2.49. The lowest BCUT2D eigenvalue weighted by Gasteiger charge is -2.07. The highest BCUT2D eigenvalue weighted by Crippen LogP contribution is 2.27. The highest BCUT2D eigenvalue weighted by atomic mass is 16.1. The molecule has 0 unspecified atom stereocenters. The molecule has 19 heavy (non-hydrogen) atoms. The molecule has 3 aromatic rings. The Labute approximate surface area is 110 Å². The SMILES string of the molecule is O=c1[nH]ncc(-c2ccccc2)c1-c1ccccc1. The molecule has 1 heterocycles. The van der Waals surface area contributed by atoms with Gasteiger partial charge in [-0.2, -0.15) is 5.10 Å². The summed E-state index contributed by atoms with van der Waals surface area (Å²) in [6.07, 6.45) is 1.69. The minimum atomic E-state index is -0.174. The van der Waals surface area contributed by atoms with Crippen LogP contribution in [0.5, 0.6) is 0 Å². The molecular formula is C16H12N2O. The second-order valence-electron chi connectivity index (χ2n) is 4.22. The van der Waals surface area contributed by atoms with Crippen LogP contribution in [0.15, 0.2) is 71.7 Å². The summed E-state index contributed by atoms with van der Waals surface area (Å²) in [6, 6.07) is 19.4. The van der Waals surface area contributed by atoms with Crippen LogP contribution in [0.4, 0.5) is 0 Å². The van der Waals surface area contributed by atoms with Crippen LogP contribution in [0, 0.1) is 0 Å². The van der Waals surface area contributed by atoms with Gasteiger partial charge in [0.2, 0.25) is 0 Å². The van der Waals surface area contributed by atoms with E-state index >= 15 is 0 Å². The molecule has 0 fully saturated rings. The van der Waals surface area contributed by atoms with Gasteiger partial charge < -0.3 is 0 Å². The van der Waals surface area contributed by atoms with Crippen LogP contribution in [0.3, 0.4) is 0 Å². The Bertz CT molecular complexity index is 733. The summed E-state index contributed by atoms with van der Waals surface area (Å²) in [4.78, 5) is 12.1. The number of aromatic amines is 1. The lowest BCUT2D eigenvalue weighted by molar-refractivity contribution is 0.994. The monoisotopic (exact) mass is 248 g/mol. The number of H-pyrrole nitrogens is 1. The van der Waals surface area contributed by atoms with Crippen molar-refractivity contribution in [3.8, 4) is 22.3 Å². The number of aromatic nitrogens is 2. The van der Waals surface area contributed by atoms with Gasteiger partial charge >= 0.3 is 0 Å². The highest BCUT2D eigenvalue weighted by Gasteiger charge is 2.11. The van der Waals surface area contributed by atoms with Gasteiger partial charge in [-0.1, -0.05) is 60.7 Å². The number of benzene rings is 2. The predicted octanol–water partition coefficient (Wildman–Crippen LogP) is 3.10. The molecule has 0 aliphatic carbocycles. The molecule has 3 rings (SSSR count). The van der Waals surface area contributed by atoms with Gasteiger partial charge in [-0.05, 0) is 11.1 Å². The largest absolute Gasteiger partial charge is 0.272 e. The maximum absolute atomic E-state index is 12.1. The Morgan fingerprint density at radius 3 is 2.00 bits per heavy atom. The van der Waals surface area contributed by atoms with E-state index in [4.69, 9.17) is 0 Å². The quantitative estimate of drug-likeness (QED) is 0.757. The summed E-state index contributed by atoms with van der Waals surface area (Å²) in [5.74, 6) is 0. The Morgan fingerprint density at radius 1 is 0.789 bits per heavy atom. The second kappa shape index (κ2) is 4.90. The summed E-state index contributed by atoms with van der Waals surface area (Å²) in [6.45, 7) is 0. The first-order valence-electron chi connectivity index (χ1n) is 6.05. The Hall–Kier alpha value is -2.68. The van der Waals surface area contributed by atoms with Gasteiger partial charge in [0.15, 0.2) is 0 Å². The molecule has 0 radical (unpaired) electrons. The van der Waals surface area contributed by atoms with Gasteiger partial charge in [-0.3, -0.25) is 4.79 Å². The summed E-state index contributed by atoms with van der Waals surface area (Å²) < 4.78 is 0. The van der Waals surface area contributed by atoms with Crippen LogP contribution in [0.1, 0.15) is 0 Å². The third kappa shape index (κ3) is 2.18. The van der Waals surface area contributed by atoms with E-state index in [-0.39, 0.29) is 5.56 Å². The van der Waals surface area contributed by atoms with Gasteiger partial charge in [0.05, 0.1) is 11.8 Å². The molecule has 0 saturated heterocycles. The van der Waals surface area contributed by atoms with E-state index < -0.39 is 0 Å². The summed E-state index contributed by atoms with van der Waals surface area (Å²) in [5.41, 5.74) is 3.20. The zero-order valence-electron chi connectivity index (χ0n) is 10.2. The van der Waals surface area contributed by atoms with Crippen molar-refractivity contribution >= 4 is 0 Å². The summed E-state index contributed by atoms with van der Waals surface area (Å²) >= 11 is 0. The number of rotatable bonds is 2. The molecule has 1 aromatic heterocycles. The first-order valence-corrected chi connectivity index (χ1v) is 6.05. The van der Waals surface area contributed by atoms with Gasteiger partial charge in [-0.15, -0.1) is 0 Å². The zero-order valence-corrected chi connectivity index (χ0v) is 10.2. The Kier molecular flexibility index (Phi) is 2.94. The van der Waals surface area contributed by atoms with Crippen molar-refractivity contribution < 1.29 is 0 Å². The second-order valence-corrected chi connectivity index (χ2v) is 4.22. The molecular weight excluding hydrogens is 236 g/mol. The third-order valence-corrected chi connectivity index (χ3v) is 3.00. The van der Waals surface area contributed by atoms with Crippen LogP contribution in [0.2, 0.25) is 0 Å². The lowest BCUT2D eigenvalue weighted by atomic mass is 9.98. The molecule has 0 atom stereocenters. The first kappa shape index (κ1) is 11.4. The standard InChI is InChI=1S/C16H12N2O/c19-16-15(13-9-5-2-6-10-13)14(11-17-18-16)12-7-3-1-4-8-12/h1-11H,(H,18,19). The molecule has 0 spiro atoms. The van der Waals surface area contributed by atoms with Crippen molar-refractivity contribution in [2.24, 2.45) is 0 Å². The van der Waals surface area contributed by atoms with Crippen molar-refractivity contribution in [1.82, 2.24) is 10.2 Å². The number of hydrogen-bond donors (Lipinski definition) is 1. The van der Waals surface area contributed by atoms with Gasteiger partial charge in [0.1, 0.15) is 0 Å². The molecule has 1 N–H and O–H groups in total. The maximum Gasteiger partial charge on any atom is 0.272 e. The topological polar surface area (TPSA) is 45.8 Å². The van der Waals surface area contributed by atoms with Crippen molar-refractivity contribution in [2.45, 2.75) is 0 Å². The summed E-state index contributed by atoms with van der Waals surface area (Å²) in [7, 11) is 0. The minimum absolute atomic E-state index is 0.174. The average molecular weight is 248 g/mol. The molecule has 0 saturated carbocycles. The van der Waals surface area contributed by atoms with Gasteiger partial charge in [0.25, 0.3) is 5.56 Å². The van der Waals surface area contributed by atoms with E-state index in [0.717, 1.165) is 16.7 Å². The van der Waals surface area contributed by atoms with Gasteiger partial charge in [-0.25, -0.2) is 5.10 Å². The fourth-order valence-corrected chi connectivity index (χ4v) is 2.13. The molecule has 0 amide bonds. The van der Waals surface area contributed by atoms with Crippen LogP contribution >= 0.6 is 0 Å². The van der Waals surface area contributed by atoms with Crippen molar-refractivity contribution in [1.29, 1.82) is 0 Å². The fourth-order valence-electron chi connectivity index (χ4n) is 2.13. The minimum Gasteiger partial charge on any atom is -0.267 e. The number of hydrogen-bond acceptors (Lipinski definition) is 2. The molecule has 0 aliphatic rings. The number of nitrogens with one attached hydrogen (secondary N) is 1. The smallest absolute Gasteiger partial charge is 0.267 e. The van der Waals surface area contributed by atoms with Crippen molar-refractivity contribution in [2.75, 3.05) is 0 Å². The van der Waals surface area contributed by atoms with Crippen LogP contribution in [0.25, 0.3) is 22.3 Å². The van der Waals surface area contributed by atoms with E-state index in [1.165, 1.54) is 0 Å². The van der Waals surface area contributed by atoms with Crippen molar-refractivity contribution in [3.63, 3.8) is 0 Å². The van der Waals surface area contributed by atoms with E-state index in [2.05, 4.69) is 10.2 Å². The third-order valence-electron chi connectivity index (χ3n) is 3.00. The predicted molar refractivity (Wildman–Crippen MR) is 75.7 cm³/mol. The molecule has 92 valence electrons.